The zero-order valence-electron chi connectivity index (χ0n) is 10.5. The fraction of sp³-hybridized carbons (Fsp3) is 0.231. The summed E-state index contributed by atoms with van der Waals surface area (Å²) in [4.78, 5) is 11.1. The highest BCUT2D eigenvalue weighted by atomic mass is 35.5. The first-order valence-corrected chi connectivity index (χ1v) is 6.24. The molecule has 0 aliphatic rings. The average molecular weight is 279 g/mol. The molecule has 2 rings (SSSR count). The van der Waals surface area contributed by atoms with Gasteiger partial charge in [0, 0.05) is 12.2 Å². The van der Waals surface area contributed by atoms with E-state index in [1.54, 1.807) is 16.9 Å². The van der Waals surface area contributed by atoms with Gasteiger partial charge in [0.1, 0.15) is 0 Å². The Bertz CT molecular complexity index is 606. The van der Waals surface area contributed by atoms with Crippen molar-refractivity contribution >= 4 is 17.5 Å². The van der Waals surface area contributed by atoms with Crippen LogP contribution in [0.5, 0.6) is 0 Å². The fourth-order valence-corrected chi connectivity index (χ4v) is 2.18. The number of aromatic nitrogens is 2. The number of carbonyl (C=O) groups is 1. The van der Waals surface area contributed by atoms with Gasteiger partial charge in [-0.3, -0.25) is 4.79 Å². The van der Waals surface area contributed by atoms with Crippen LogP contribution < -0.4 is 11.5 Å². The number of nitrogens with zero attached hydrogens (tertiary/aromatic N) is 2. The van der Waals surface area contributed by atoms with Gasteiger partial charge >= 0.3 is 0 Å². The third-order valence-electron chi connectivity index (χ3n) is 2.71. The maximum Gasteiger partial charge on any atom is 0.251 e. The molecule has 4 N–H and O–H groups in total. The van der Waals surface area contributed by atoms with E-state index in [2.05, 4.69) is 5.10 Å². The lowest BCUT2D eigenvalue weighted by molar-refractivity contribution is 0.100. The van der Waals surface area contributed by atoms with Crippen LogP contribution in [0.3, 0.4) is 0 Å². The lowest BCUT2D eigenvalue weighted by Gasteiger charge is -2.13. The molecule has 1 amide bonds. The number of rotatable bonds is 4. The standard InChI is InChI=1S/C13H15ClN4O/c1-8(15)5-9-3-2-4-11(14)12(9)18-7-10(6-17-18)13(16)19/h2-4,6-8H,5,15H2,1H3,(H2,16,19). The second kappa shape index (κ2) is 5.42. The molecular formula is C13H15ClN4O. The van der Waals surface area contributed by atoms with E-state index in [4.69, 9.17) is 23.1 Å². The van der Waals surface area contributed by atoms with Crippen molar-refractivity contribution < 1.29 is 4.79 Å². The molecule has 6 heteroatoms. The number of halogens is 1. The first-order chi connectivity index (χ1) is 8.99. The van der Waals surface area contributed by atoms with Crippen molar-refractivity contribution in [3.63, 3.8) is 0 Å². The second-order valence-corrected chi connectivity index (χ2v) is 4.87. The zero-order valence-corrected chi connectivity index (χ0v) is 11.3. The first kappa shape index (κ1) is 13.6. The Balaban J connectivity index is 2.50. The molecular weight excluding hydrogens is 264 g/mol. The van der Waals surface area contributed by atoms with Crippen LogP contribution in [0.15, 0.2) is 30.6 Å². The van der Waals surface area contributed by atoms with Crippen LogP contribution in [-0.2, 0) is 6.42 Å². The molecule has 0 bridgehead atoms. The van der Waals surface area contributed by atoms with E-state index in [0.717, 1.165) is 11.3 Å². The number of benzene rings is 1. The van der Waals surface area contributed by atoms with E-state index in [9.17, 15) is 4.79 Å². The van der Waals surface area contributed by atoms with Crippen LogP contribution >= 0.6 is 11.6 Å². The van der Waals surface area contributed by atoms with E-state index in [-0.39, 0.29) is 6.04 Å². The monoisotopic (exact) mass is 278 g/mol. The molecule has 5 nitrogen and oxygen atoms in total. The Hall–Kier alpha value is -1.85. The van der Waals surface area contributed by atoms with E-state index < -0.39 is 5.91 Å². The number of primary amides is 1. The molecule has 1 heterocycles. The third kappa shape index (κ3) is 2.94. The van der Waals surface area contributed by atoms with Crippen LogP contribution in [0.4, 0.5) is 0 Å². The van der Waals surface area contributed by atoms with Gasteiger partial charge in [0.2, 0.25) is 0 Å². The topological polar surface area (TPSA) is 86.9 Å². The van der Waals surface area contributed by atoms with E-state index in [1.807, 2.05) is 19.1 Å². The summed E-state index contributed by atoms with van der Waals surface area (Å²) in [5, 5.41) is 4.68. The zero-order chi connectivity index (χ0) is 14.0. The van der Waals surface area contributed by atoms with Gasteiger partial charge in [0.25, 0.3) is 5.91 Å². The molecule has 19 heavy (non-hydrogen) atoms. The lowest BCUT2D eigenvalue weighted by atomic mass is 10.1. The third-order valence-corrected chi connectivity index (χ3v) is 3.01. The largest absolute Gasteiger partial charge is 0.366 e. The number of amides is 1. The van der Waals surface area contributed by atoms with Crippen LogP contribution in [0.2, 0.25) is 5.02 Å². The Morgan fingerprint density at radius 3 is 2.84 bits per heavy atom. The minimum absolute atomic E-state index is 0.00314. The Labute approximate surface area is 116 Å². The van der Waals surface area contributed by atoms with Crippen molar-refractivity contribution in [1.29, 1.82) is 0 Å². The van der Waals surface area contributed by atoms with Crippen molar-refractivity contribution in [3.05, 3.63) is 46.7 Å². The van der Waals surface area contributed by atoms with Crippen LogP contribution in [0, 0.1) is 0 Å². The normalized spacial score (nSPS) is 12.4. The van der Waals surface area contributed by atoms with E-state index >= 15 is 0 Å². The summed E-state index contributed by atoms with van der Waals surface area (Å²) >= 11 is 6.22. The minimum Gasteiger partial charge on any atom is -0.366 e. The quantitative estimate of drug-likeness (QED) is 0.889. The van der Waals surface area contributed by atoms with Gasteiger partial charge in [-0.25, -0.2) is 4.68 Å². The number of para-hydroxylation sites is 1. The molecule has 2 aromatic rings. The Morgan fingerprint density at radius 2 is 2.26 bits per heavy atom. The minimum atomic E-state index is -0.521. The molecule has 1 atom stereocenters. The predicted molar refractivity (Wildman–Crippen MR) is 74.4 cm³/mol. The average Bonchev–Trinajstić information content (AvgIpc) is 2.77. The molecule has 0 saturated carbocycles. The molecule has 0 spiro atoms. The maximum absolute atomic E-state index is 11.1. The van der Waals surface area contributed by atoms with Crippen molar-refractivity contribution in [2.45, 2.75) is 19.4 Å². The van der Waals surface area contributed by atoms with Gasteiger partial charge in [-0.15, -0.1) is 0 Å². The number of carbonyl (C=O) groups excluding carboxylic acids is 1. The summed E-state index contributed by atoms with van der Waals surface area (Å²) in [7, 11) is 0. The molecule has 1 aromatic heterocycles. The van der Waals surface area contributed by atoms with Crippen molar-refractivity contribution in [1.82, 2.24) is 9.78 Å². The van der Waals surface area contributed by atoms with Crippen LogP contribution in [-0.4, -0.2) is 21.7 Å². The van der Waals surface area contributed by atoms with Crippen LogP contribution in [0.1, 0.15) is 22.8 Å². The first-order valence-electron chi connectivity index (χ1n) is 5.87. The molecule has 0 aliphatic heterocycles. The van der Waals surface area contributed by atoms with E-state index in [0.29, 0.717) is 17.0 Å². The summed E-state index contributed by atoms with van der Waals surface area (Å²) in [6, 6.07) is 5.58. The summed E-state index contributed by atoms with van der Waals surface area (Å²) in [5.74, 6) is -0.521. The molecule has 100 valence electrons. The van der Waals surface area contributed by atoms with Gasteiger partial charge in [-0.2, -0.15) is 5.10 Å². The predicted octanol–water partition coefficient (Wildman–Crippen LogP) is 1.51. The Morgan fingerprint density at radius 1 is 1.53 bits per heavy atom. The van der Waals surface area contributed by atoms with Crippen molar-refractivity contribution in [2.24, 2.45) is 11.5 Å². The number of nitrogens with two attached hydrogens (primary N) is 2. The smallest absolute Gasteiger partial charge is 0.251 e. The summed E-state index contributed by atoms with van der Waals surface area (Å²) in [6.07, 6.45) is 3.65. The summed E-state index contributed by atoms with van der Waals surface area (Å²) < 4.78 is 1.56. The Kier molecular flexibility index (Phi) is 3.87. The summed E-state index contributed by atoms with van der Waals surface area (Å²) in [6.45, 7) is 1.92. The fourth-order valence-electron chi connectivity index (χ4n) is 1.90. The maximum atomic E-state index is 11.1. The van der Waals surface area contributed by atoms with Gasteiger partial charge in [-0.1, -0.05) is 23.7 Å². The van der Waals surface area contributed by atoms with Crippen LogP contribution in [0.25, 0.3) is 5.69 Å². The SMILES string of the molecule is CC(N)Cc1cccc(Cl)c1-n1cc(C(N)=O)cn1. The van der Waals surface area contributed by atoms with Crippen molar-refractivity contribution in [2.75, 3.05) is 0 Å². The lowest BCUT2D eigenvalue weighted by Crippen LogP contribution is -2.19. The highest BCUT2D eigenvalue weighted by Gasteiger charge is 2.13. The van der Waals surface area contributed by atoms with E-state index in [1.165, 1.54) is 6.20 Å². The summed E-state index contributed by atoms with van der Waals surface area (Å²) in [5.41, 5.74) is 13.1. The second-order valence-electron chi connectivity index (χ2n) is 4.47. The van der Waals surface area contributed by atoms with Gasteiger partial charge < -0.3 is 11.5 Å². The number of hydrogen-bond acceptors (Lipinski definition) is 3. The molecule has 0 radical (unpaired) electrons. The van der Waals surface area contributed by atoms with Gasteiger partial charge in [0.15, 0.2) is 0 Å². The number of hydrogen-bond donors (Lipinski definition) is 2. The van der Waals surface area contributed by atoms with Gasteiger partial charge in [-0.05, 0) is 25.0 Å². The van der Waals surface area contributed by atoms with Crippen molar-refractivity contribution in [3.8, 4) is 5.69 Å². The molecule has 0 fully saturated rings. The molecule has 0 aliphatic carbocycles. The highest BCUT2D eigenvalue weighted by molar-refractivity contribution is 6.32. The molecule has 0 saturated heterocycles. The van der Waals surface area contributed by atoms with Gasteiger partial charge in [0.05, 0.1) is 22.5 Å². The highest BCUT2D eigenvalue weighted by Crippen LogP contribution is 2.25. The molecule has 1 aromatic carbocycles. The molecule has 1 unspecified atom stereocenters.